The fourth-order valence-electron chi connectivity index (χ4n) is 1.33. The zero-order valence-corrected chi connectivity index (χ0v) is 5.80. The first-order valence-corrected chi connectivity index (χ1v) is 3.66. The molecule has 3 N–H and O–H groups in total. The zero-order valence-electron chi connectivity index (χ0n) is 5.80. The van der Waals surface area contributed by atoms with E-state index in [1.165, 1.54) is 19.3 Å². The number of rotatable bonds is 1. The summed E-state index contributed by atoms with van der Waals surface area (Å²) < 4.78 is 0. The molecular formula is C7H11N3. The van der Waals surface area contributed by atoms with Crippen molar-refractivity contribution in [1.29, 1.82) is 0 Å². The maximum Gasteiger partial charge on any atom is 0.0733 e. The molecule has 0 unspecified atom stereocenters. The van der Waals surface area contributed by atoms with E-state index in [1.807, 2.05) is 0 Å². The largest absolute Gasteiger partial charge is 0.396 e. The highest BCUT2D eigenvalue weighted by molar-refractivity contribution is 5.42. The Labute approximate surface area is 59.6 Å². The molecule has 0 aliphatic heterocycles. The van der Waals surface area contributed by atoms with Crippen LogP contribution in [0.25, 0.3) is 0 Å². The second-order valence-corrected chi connectivity index (χ2v) is 2.87. The first kappa shape index (κ1) is 5.77. The van der Waals surface area contributed by atoms with E-state index < -0.39 is 0 Å². The molecule has 1 heterocycles. The van der Waals surface area contributed by atoms with Crippen LogP contribution in [-0.4, -0.2) is 10.2 Å². The van der Waals surface area contributed by atoms with Gasteiger partial charge in [-0.05, 0) is 12.8 Å². The van der Waals surface area contributed by atoms with E-state index in [9.17, 15) is 0 Å². The molecular weight excluding hydrogens is 126 g/mol. The van der Waals surface area contributed by atoms with Crippen molar-refractivity contribution in [3.63, 3.8) is 0 Å². The highest BCUT2D eigenvalue weighted by Gasteiger charge is 2.22. The lowest BCUT2D eigenvalue weighted by Crippen LogP contribution is -2.10. The summed E-state index contributed by atoms with van der Waals surface area (Å²) in [6.07, 6.45) is 5.57. The smallest absolute Gasteiger partial charge is 0.0733 e. The first-order chi connectivity index (χ1) is 4.88. The molecule has 1 aliphatic rings. The normalized spacial score (nSPS) is 18.8. The highest BCUT2D eigenvalue weighted by Crippen LogP contribution is 2.37. The number of anilines is 1. The van der Waals surface area contributed by atoms with Crippen LogP contribution in [0, 0.1) is 0 Å². The molecule has 1 aliphatic carbocycles. The molecule has 0 saturated heterocycles. The van der Waals surface area contributed by atoms with Crippen LogP contribution in [0.4, 0.5) is 5.69 Å². The van der Waals surface area contributed by atoms with Crippen LogP contribution in [0.1, 0.15) is 30.9 Å². The van der Waals surface area contributed by atoms with E-state index in [0.717, 1.165) is 11.4 Å². The number of nitrogens with zero attached hydrogens (tertiary/aromatic N) is 1. The Morgan fingerprint density at radius 2 is 2.40 bits per heavy atom. The van der Waals surface area contributed by atoms with Crippen molar-refractivity contribution in [1.82, 2.24) is 10.2 Å². The standard InChI is InChI=1S/C7H11N3/c8-6-4-9-10-7(6)5-2-1-3-5/h4-5H,1-3,8H2,(H,9,10). The van der Waals surface area contributed by atoms with E-state index >= 15 is 0 Å². The molecule has 1 saturated carbocycles. The monoisotopic (exact) mass is 137 g/mol. The summed E-state index contributed by atoms with van der Waals surface area (Å²) in [4.78, 5) is 0. The summed E-state index contributed by atoms with van der Waals surface area (Å²) in [6, 6.07) is 0. The van der Waals surface area contributed by atoms with Crippen LogP contribution < -0.4 is 5.73 Å². The number of hydrogen-bond acceptors (Lipinski definition) is 2. The average molecular weight is 137 g/mol. The number of aromatic amines is 1. The quantitative estimate of drug-likeness (QED) is 0.612. The molecule has 1 aromatic rings. The van der Waals surface area contributed by atoms with Gasteiger partial charge in [0.2, 0.25) is 0 Å². The Kier molecular flexibility index (Phi) is 1.16. The third-order valence-corrected chi connectivity index (χ3v) is 2.21. The maximum absolute atomic E-state index is 5.66. The Bertz CT molecular complexity index is 225. The Hall–Kier alpha value is -0.990. The SMILES string of the molecule is Nc1cn[nH]c1C1CCC1. The number of H-pyrrole nitrogens is 1. The molecule has 0 radical (unpaired) electrons. The third-order valence-electron chi connectivity index (χ3n) is 2.21. The minimum absolute atomic E-state index is 0.669. The summed E-state index contributed by atoms with van der Waals surface area (Å²) in [7, 11) is 0. The van der Waals surface area contributed by atoms with Gasteiger partial charge in [-0.2, -0.15) is 5.10 Å². The summed E-state index contributed by atoms with van der Waals surface area (Å²) in [5.74, 6) is 0.669. The molecule has 54 valence electrons. The van der Waals surface area contributed by atoms with Crippen LogP contribution in [-0.2, 0) is 0 Å². The molecule has 3 nitrogen and oxygen atoms in total. The molecule has 10 heavy (non-hydrogen) atoms. The van der Waals surface area contributed by atoms with Crippen LogP contribution >= 0.6 is 0 Å². The van der Waals surface area contributed by atoms with Crippen LogP contribution in [0.5, 0.6) is 0 Å². The van der Waals surface area contributed by atoms with Crippen molar-refractivity contribution in [2.45, 2.75) is 25.2 Å². The molecule has 0 atom stereocenters. The minimum Gasteiger partial charge on any atom is -0.396 e. The topological polar surface area (TPSA) is 54.7 Å². The van der Waals surface area contributed by atoms with Crippen LogP contribution in [0.15, 0.2) is 6.20 Å². The van der Waals surface area contributed by atoms with Crippen molar-refractivity contribution >= 4 is 5.69 Å². The number of hydrogen-bond donors (Lipinski definition) is 2. The van der Waals surface area contributed by atoms with E-state index in [-0.39, 0.29) is 0 Å². The van der Waals surface area contributed by atoms with Gasteiger partial charge in [0.15, 0.2) is 0 Å². The second kappa shape index (κ2) is 2.01. The molecule has 0 aromatic carbocycles. The average Bonchev–Trinajstić information content (AvgIpc) is 2.12. The van der Waals surface area contributed by atoms with E-state index in [2.05, 4.69) is 10.2 Å². The molecule has 0 spiro atoms. The van der Waals surface area contributed by atoms with Crippen LogP contribution in [0.3, 0.4) is 0 Å². The number of aromatic nitrogens is 2. The van der Waals surface area contributed by atoms with Gasteiger partial charge in [-0.1, -0.05) is 6.42 Å². The highest BCUT2D eigenvalue weighted by atomic mass is 15.1. The second-order valence-electron chi connectivity index (χ2n) is 2.87. The summed E-state index contributed by atoms with van der Waals surface area (Å²) in [6.45, 7) is 0. The number of nitrogens with one attached hydrogen (secondary N) is 1. The van der Waals surface area contributed by atoms with Gasteiger partial charge in [0.05, 0.1) is 17.6 Å². The summed E-state index contributed by atoms with van der Waals surface area (Å²) in [5, 5.41) is 6.81. The van der Waals surface area contributed by atoms with Gasteiger partial charge in [-0.15, -0.1) is 0 Å². The van der Waals surface area contributed by atoms with Crippen molar-refractivity contribution in [3.8, 4) is 0 Å². The van der Waals surface area contributed by atoms with Gasteiger partial charge < -0.3 is 5.73 Å². The van der Waals surface area contributed by atoms with Crippen molar-refractivity contribution < 1.29 is 0 Å². The maximum atomic E-state index is 5.66. The minimum atomic E-state index is 0.669. The zero-order chi connectivity index (χ0) is 6.97. The van der Waals surface area contributed by atoms with Crippen molar-refractivity contribution in [2.75, 3.05) is 5.73 Å². The van der Waals surface area contributed by atoms with Crippen molar-refractivity contribution in [3.05, 3.63) is 11.9 Å². The third kappa shape index (κ3) is 0.701. The fourth-order valence-corrected chi connectivity index (χ4v) is 1.33. The van der Waals surface area contributed by atoms with E-state index in [0.29, 0.717) is 5.92 Å². The molecule has 1 fully saturated rings. The Morgan fingerprint density at radius 3 is 2.80 bits per heavy atom. The first-order valence-electron chi connectivity index (χ1n) is 3.66. The van der Waals surface area contributed by atoms with Gasteiger partial charge >= 0.3 is 0 Å². The summed E-state index contributed by atoms with van der Waals surface area (Å²) >= 11 is 0. The number of nitrogen functional groups attached to an aromatic ring is 1. The molecule has 2 rings (SSSR count). The van der Waals surface area contributed by atoms with Gasteiger partial charge in [-0.25, -0.2) is 0 Å². The van der Waals surface area contributed by atoms with Crippen LogP contribution in [0.2, 0.25) is 0 Å². The van der Waals surface area contributed by atoms with Gasteiger partial charge in [0, 0.05) is 5.92 Å². The van der Waals surface area contributed by atoms with Gasteiger partial charge in [0.1, 0.15) is 0 Å². The summed E-state index contributed by atoms with van der Waals surface area (Å²) in [5.41, 5.74) is 7.63. The van der Waals surface area contributed by atoms with E-state index in [1.54, 1.807) is 6.20 Å². The predicted octanol–water partition coefficient (Wildman–Crippen LogP) is 1.26. The number of nitrogens with two attached hydrogens (primary N) is 1. The Morgan fingerprint density at radius 1 is 1.60 bits per heavy atom. The Balaban J connectivity index is 2.23. The van der Waals surface area contributed by atoms with Gasteiger partial charge in [-0.3, -0.25) is 5.10 Å². The molecule has 0 bridgehead atoms. The lowest BCUT2D eigenvalue weighted by molar-refractivity contribution is 0.412. The predicted molar refractivity (Wildman–Crippen MR) is 39.6 cm³/mol. The molecule has 3 heteroatoms. The fraction of sp³-hybridized carbons (Fsp3) is 0.571. The molecule has 1 aromatic heterocycles. The van der Waals surface area contributed by atoms with Gasteiger partial charge in [0.25, 0.3) is 0 Å². The molecule has 0 amide bonds. The van der Waals surface area contributed by atoms with E-state index in [4.69, 9.17) is 5.73 Å². The lowest BCUT2D eigenvalue weighted by Gasteiger charge is -2.24. The van der Waals surface area contributed by atoms with Crippen molar-refractivity contribution in [2.24, 2.45) is 0 Å². The lowest BCUT2D eigenvalue weighted by atomic mass is 9.82.